The number of likely N-dealkylation sites (N-methyl/N-ethyl adjacent to an activating group) is 1. The molecular weight excluding hydrogens is 190 g/mol. The molecule has 3 heteroatoms. The maximum absolute atomic E-state index is 5.84. The monoisotopic (exact) mass is 217 g/mol. The van der Waals surface area contributed by atoms with Gasteiger partial charge in [-0.25, -0.2) is 0 Å². The van der Waals surface area contributed by atoms with Crippen LogP contribution >= 0.6 is 0 Å². The molecule has 0 unspecified atom stereocenters. The van der Waals surface area contributed by atoms with E-state index >= 15 is 0 Å². The second-order valence-corrected chi connectivity index (χ2v) is 4.53. The van der Waals surface area contributed by atoms with Gasteiger partial charge in [0.15, 0.2) is 0 Å². The number of nitrogens with zero attached hydrogens (tertiary/aromatic N) is 1. The van der Waals surface area contributed by atoms with E-state index in [1.54, 1.807) is 7.11 Å². The Morgan fingerprint density at radius 2 is 1.67 bits per heavy atom. The number of rotatable bonds is 7. The Bertz CT molecular complexity index is 156. The van der Waals surface area contributed by atoms with Crippen LogP contribution in [0.15, 0.2) is 0 Å². The van der Waals surface area contributed by atoms with Crippen LogP contribution in [0.4, 0.5) is 0 Å². The first kappa shape index (κ1) is 14.9. The van der Waals surface area contributed by atoms with Crippen LogP contribution in [0.1, 0.15) is 34.1 Å². The van der Waals surface area contributed by atoms with Gasteiger partial charge in [0.2, 0.25) is 0 Å². The highest BCUT2D eigenvalue weighted by molar-refractivity contribution is 4.82. The minimum atomic E-state index is 0.185. The average Bonchev–Trinajstić information content (AvgIpc) is 2.11. The Morgan fingerprint density at radius 3 is 1.93 bits per heavy atom. The van der Waals surface area contributed by atoms with Crippen LogP contribution in [0.5, 0.6) is 0 Å². The SMILES string of the molecule is CC[C@H](OC)[C@@H]([C@H](C)OC(C)C)N(C)C. The normalized spacial score (nSPS) is 18.2. The van der Waals surface area contributed by atoms with Gasteiger partial charge in [0, 0.05) is 7.11 Å². The molecule has 0 fully saturated rings. The van der Waals surface area contributed by atoms with Gasteiger partial charge < -0.3 is 14.4 Å². The molecule has 0 aromatic carbocycles. The Balaban J connectivity index is 4.49. The van der Waals surface area contributed by atoms with Crippen LogP contribution in [0.2, 0.25) is 0 Å². The first-order valence-electron chi connectivity index (χ1n) is 5.78. The second kappa shape index (κ2) is 7.20. The van der Waals surface area contributed by atoms with Crippen molar-refractivity contribution in [2.45, 2.75) is 58.5 Å². The van der Waals surface area contributed by atoms with Gasteiger partial charge in [0.25, 0.3) is 0 Å². The average molecular weight is 217 g/mol. The maximum Gasteiger partial charge on any atom is 0.0748 e. The molecule has 0 radical (unpaired) electrons. The summed E-state index contributed by atoms with van der Waals surface area (Å²) in [6, 6.07) is 0.308. The highest BCUT2D eigenvalue weighted by atomic mass is 16.5. The summed E-state index contributed by atoms with van der Waals surface area (Å²) in [6.07, 6.45) is 1.68. The molecule has 0 aromatic heterocycles. The van der Waals surface area contributed by atoms with E-state index < -0.39 is 0 Å². The standard InChI is InChI=1S/C12H27NO2/c1-8-11(14-7)12(13(5)6)10(4)15-9(2)3/h9-12H,8H2,1-7H3/t10-,11-,12+/m0/s1. The fourth-order valence-corrected chi connectivity index (χ4v) is 2.11. The van der Waals surface area contributed by atoms with Crippen molar-refractivity contribution in [3.63, 3.8) is 0 Å². The van der Waals surface area contributed by atoms with Gasteiger partial charge in [0.1, 0.15) is 0 Å². The Kier molecular flexibility index (Phi) is 7.14. The minimum Gasteiger partial charge on any atom is -0.380 e. The number of hydrogen-bond acceptors (Lipinski definition) is 3. The van der Waals surface area contributed by atoms with Crippen molar-refractivity contribution >= 4 is 0 Å². The Morgan fingerprint density at radius 1 is 1.13 bits per heavy atom. The molecule has 0 rings (SSSR count). The molecule has 3 atom stereocenters. The highest BCUT2D eigenvalue weighted by Crippen LogP contribution is 2.16. The van der Waals surface area contributed by atoms with Gasteiger partial charge in [-0.15, -0.1) is 0 Å². The highest BCUT2D eigenvalue weighted by Gasteiger charge is 2.28. The van der Waals surface area contributed by atoms with Gasteiger partial charge in [-0.1, -0.05) is 6.92 Å². The van der Waals surface area contributed by atoms with Crippen molar-refractivity contribution in [1.29, 1.82) is 0 Å². The molecule has 0 bridgehead atoms. The first-order valence-corrected chi connectivity index (χ1v) is 5.78. The van der Waals surface area contributed by atoms with Gasteiger partial charge in [-0.3, -0.25) is 0 Å². The summed E-state index contributed by atoms with van der Waals surface area (Å²) in [4.78, 5) is 2.19. The van der Waals surface area contributed by atoms with E-state index in [2.05, 4.69) is 46.7 Å². The zero-order valence-corrected chi connectivity index (χ0v) is 11.3. The van der Waals surface area contributed by atoms with E-state index in [4.69, 9.17) is 9.47 Å². The van der Waals surface area contributed by atoms with Crippen molar-refractivity contribution in [2.24, 2.45) is 0 Å². The second-order valence-electron chi connectivity index (χ2n) is 4.53. The third-order valence-corrected chi connectivity index (χ3v) is 2.65. The van der Waals surface area contributed by atoms with Crippen LogP contribution < -0.4 is 0 Å². The van der Waals surface area contributed by atoms with Gasteiger partial charge in [-0.2, -0.15) is 0 Å². The van der Waals surface area contributed by atoms with E-state index in [-0.39, 0.29) is 18.3 Å². The van der Waals surface area contributed by atoms with Crippen molar-refractivity contribution in [2.75, 3.05) is 21.2 Å². The quantitative estimate of drug-likeness (QED) is 0.652. The molecule has 0 N–H and O–H groups in total. The lowest BCUT2D eigenvalue weighted by Crippen LogP contribution is -2.48. The topological polar surface area (TPSA) is 21.7 Å². The van der Waals surface area contributed by atoms with Crippen molar-refractivity contribution in [3.05, 3.63) is 0 Å². The molecule has 0 aromatic rings. The first-order chi connectivity index (χ1) is 6.93. The molecule has 92 valence electrons. The van der Waals surface area contributed by atoms with Crippen molar-refractivity contribution < 1.29 is 9.47 Å². The fraction of sp³-hybridized carbons (Fsp3) is 1.00. The molecule has 0 saturated carbocycles. The zero-order valence-electron chi connectivity index (χ0n) is 11.3. The van der Waals surface area contributed by atoms with Crippen molar-refractivity contribution in [3.8, 4) is 0 Å². The fourth-order valence-electron chi connectivity index (χ4n) is 2.11. The Labute approximate surface area is 94.7 Å². The van der Waals surface area contributed by atoms with Crippen LogP contribution in [0, 0.1) is 0 Å². The van der Waals surface area contributed by atoms with Crippen LogP contribution in [-0.2, 0) is 9.47 Å². The maximum atomic E-state index is 5.84. The van der Waals surface area contributed by atoms with Gasteiger partial charge >= 0.3 is 0 Å². The lowest BCUT2D eigenvalue weighted by Gasteiger charge is -2.36. The van der Waals surface area contributed by atoms with E-state index in [1.165, 1.54) is 0 Å². The van der Waals surface area contributed by atoms with Crippen LogP contribution in [0.25, 0.3) is 0 Å². The summed E-state index contributed by atoms with van der Waals surface area (Å²) in [5.41, 5.74) is 0. The molecule has 0 amide bonds. The summed E-state index contributed by atoms with van der Waals surface area (Å²) < 4.78 is 11.3. The molecule has 0 spiro atoms. The Hall–Kier alpha value is -0.120. The van der Waals surface area contributed by atoms with Crippen LogP contribution in [-0.4, -0.2) is 50.5 Å². The number of methoxy groups -OCH3 is 1. The smallest absolute Gasteiger partial charge is 0.0748 e. The number of hydrogen-bond donors (Lipinski definition) is 0. The molecule has 0 heterocycles. The van der Waals surface area contributed by atoms with E-state index in [9.17, 15) is 0 Å². The largest absolute Gasteiger partial charge is 0.380 e. The third kappa shape index (κ3) is 4.96. The zero-order chi connectivity index (χ0) is 12.0. The summed E-state index contributed by atoms with van der Waals surface area (Å²) in [7, 11) is 5.92. The molecular formula is C12H27NO2. The number of ether oxygens (including phenoxy) is 2. The van der Waals surface area contributed by atoms with E-state index in [1.807, 2.05) is 0 Å². The minimum absolute atomic E-state index is 0.185. The van der Waals surface area contributed by atoms with E-state index in [0.29, 0.717) is 6.04 Å². The molecule has 0 saturated heterocycles. The predicted octanol–water partition coefficient (Wildman–Crippen LogP) is 2.16. The summed E-state index contributed by atoms with van der Waals surface area (Å²) in [6.45, 7) is 8.40. The van der Waals surface area contributed by atoms with Gasteiger partial charge in [0.05, 0.1) is 24.4 Å². The molecule has 3 nitrogen and oxygen atoms in total. The lowest BCUT2D eigenvalue weighted by molar-refractivity contribution is -0.0749. The summed E-state index contributed by atoms with van der Waals surface area (Å²) >= 11 is 0. The lowest BCUT2D eigenvalue weighted by atomic mass is 10.0. The van der Waals surface area contributed by atoms with Crippen molar-refractivity contribution in [1.82, 2.24) is 4.90 Å². The predicted molar refractivity (Wildman–Crippen MR) is 64.2 cm³/mol. The third-order valence-electron chi connectivity index (χ3n) is 2.65. The molecule has 15 heavy (non-hydrogen) atoms. The molecule has 0 aliphatic rings. The van der Waals surface area contributed by atoms with Gasteiger partial charge in [-0.05, 0) is 41.3 Å². The van der Waals surface area contributed by atoms with E-state index in [0.717, 1.165) is 6.42 Å². The summed E-state index contributed by atoms with van der Waals surface area (Å²) in [5.74, 6) is 0. The molecule has 0 aliphatic heterocycles. The summed E-state index contributed by atoms with van der Waals surface area (Å²) in [5, 5.41) is 0. The van der Waals surface area contributed by atoms with Crippen LogP contribution in [0.3, 0.4) is 0 Å². The molecule has 0 aliphatic carbocycles.